The Bertz CT molecular complexity index is 658. The van der Waals surface area contributed by atoms with Crippen LogP contribution in [0.1, 0.15) is 59.8 Å². The topological polar surface area (TPSA) is 67.8 Å². The van der Waals surface area contributed by atoms with E-state index in [2.05, 4.69) is 62.0 Å². The number of carbonyl (C=O) groups is 1. The first-order chi connectivity index (χ1) is 15.2. The first-order valence-electron chi connectivity index (χ1n) is 13.1. The molecule has 32 heavy (non-hydrogen) atoms. The molecule has 0 aromatic heterocycles. The van der Waals surface area contributed by atoms with Crippen molar-refractivity contribution in [3.05, 3.63) is 0 Å². The Hall–Kier alpha value is -0.340. The Morgan fingerprint density at radius 1 is 1.31 bits per heavy atom. The van der Waals surface area contributed by atoms with Gasteiger partial charge in [-0.3, -0.25) is 15.4 Å². The number of amides is 1. The lowest BCUT2D eigenvalue weighted by Gasteiger charge is -2.57. The summed E-state index contributed by atoms with van der Waals surface area (Å²) in [7, 11) is 2.12. The molecule has 4 fully saturated rings. The maximum Gasteiger partial charge on any atom is 0.225 e. The number of carbonyl (C=O) groups excluding carboxylic acids is 1. The number of nitrogens with zero attached hydrogens (tertiary/aromatic N) is 2. The lowest BCUT2D eigenvalue weighted by Crippen LogP contribution is -2.60. The minimum absolute atomic E-state index is 0.0757. The van der Waals surface area contributed by atoms with Gasteiger partial charge in [0.05, 0.1) is 6.10 Å². The second-order valence-corrected chi connectivity index (χ2v) is 12.8. The number of rotatable bonds is 6. The predicted molar refractivity (Wildman–Crippen MR) is 132 cm³/mol. The molecule has 9 atom stereocenters. The summed E-state index contributed by atoms with van der Waals surface area (Å²) in [4.78, 5) is 17.6. The molecular formula is C25H46N4O2S. The Balaban J connectivity index is 1.42. The summed E-state index contributed by atoms with van der Waals surface area (Å²) in [6.07, 6.45) is 5.29. The largest absolute Gasteiger partial charge is 0.392 e. The minimum atomic E-state index is -0.394. The van der Waals surface area contributed by atoms with Crippen LogP contribution in [0.5, 0.6) is 0 Å². The van der Waals surface area contributed by atoms with Crippen molar-refractivity contribution in [3.8, 4) is 0 Å². The van der Waals surface area contributed by atoms with Gasteiger partial charge in [-0.25, -0.2) is 0 Å². The average molecular weight is 467 g/mol. The molecule has 2 aliphatic carbocycles. The summed E-state index contributed by atoms with van der Waals surface area (Å²) in [6, 6.07) is 0.439. The molecule has 6 nitrogen and oxygen atoms in total. The van der Waals surface area contributed by atoms with Gasteiger partial charge >= 0.3 is 0 Å². The number of nitrogens with one attached hydrogen (secondary N) is 2. The monoisotopic (exact) mass is 466 g/mol. The van der Waals surface area contributed by atoms with Gasteiger partial charge in [-0.05, 0) is 62.4 Å². The number of aliphatic hydroxyl groups excluding tert-OH is 1. The fourth-order valence-electron chi connectivity index (χ4n) is 7.19. The molecule has 0 aromatic carbocycles. The van der Waals surface area contributed by atoms with Crippen LogP contribution in [0.15, 0.2) is 0 Å². The van der Waals surface area contributed by atoms with Crippen molar-refractivity contribution in [1.82, 2.24) is 20.4 Å². The fourth-order valence-corrected chi connectivity index (χ4v) is 8.96. The Morgan fingerprint density at radius 2 is 2.03 bits per heavy atom. The van der Waals surface area contributed by atoms with E-state index in [1.54, 1.807) is 0 Å². The summed E-state index contributed by atoms with van der Waals surface area (Å²) in [5.41, 5.74) is 0.494. The molecule has 3 unspecified atom stereocenters. The summed E-state index contributed by atoms with van der Waals surface area (Å²) >= 11 is 2.07. The quantitative estimate of drug-likeness (QED) is 0.523. The molecule has 2 saturated heterocycles. The van der Waals surface area contributed by atoms with Gasteiger partial charge in [0.2, 0.25) is 5.91 Å². The van der Waals surface area contributed by atoms with Crippen LogP contribution in [-0.2, 0) is 4.79 Å². The van der Waals surface area contributed by atoms with E-state index in [4.69, 9.17) is 0 Å². The number of thioether (sulfide) groups is 1. The number of aliphatic hydroxyl groups is 1. The highest BCUT2D eigenvalue weighted by atomic mass is 32.2. The van der Waals surface area contributed by atoms with Crippen LogP contribution < -0.4 is 10.6 Å². The highest BCUT2D eigenvalue weighted by Gasteiger charge is 2.58. The van der Waals surface area contributed by atoms with Crippen LogP contribution in [0.2, 0.25) is 0 Å². The summed E-state index contributed by atoms with van der Waals surface area (Å²) in [5.74, 6) is 0.895. The fraction of sp³-hybridized carbons (Fsp3) is 0.960. The number of unbranched alkanes of at least 4 members (excludes halogenated alkanes) is 1. The molecule has 4 aliphatic rings. The van der Waals surface area contributed by atoms with Gasteiger partial charge in [-0.2, -0.15) is 0 Å². The van der Waals surface area contributed by atoms with Gasteiger partial charge in [-0.15, -0.1) is 11.8 Å². The van der Waals surface area contributed by atoms with Crippen molar-refractivity contribution in [1.29, 1.82) is 0 Å². The molecule has 0 radical (unpaired) electrons. The third-order valence-corrected chi connectivity index (χ3v) is 10.6. The zero-order valence-electron chi connectivity index (χ0n) is 20.8. The van der Waals surface area contributed by atoms with Gasteiger partial charge in [0.25, 0.3) is 0 Å². The van der Waals surface area contributed by atoms with E-state index in [1.165, 1.54) is 19.3 Å². The van der Waals surface area contributed by atoms with E-state index in [1.807, 2.05) is 4.90 Å². The highest BCUT2D eigenvalue weighted by molar-refractivity contribution is 8.00. The lowest BCUT2D eigenvalue weighted by molar-refractivity contribution is -0.150. The minimum Gasteiger partial charge on any atom is -0.392 e. The van der Waals surface area contributed by atoms with E-state index >= 15 is 0 Å². The zero-order valence-corrected chi connectivity index (χ0v) is 21.7. The van der Waals surface area contributed by atoms with E-state index in [9.17, 15) is 9.90 Å². The highest BCUT2D eigenvalue weighted by Crippen LogP contribution is 2.58. The number of fused-ring (bicyclic) bond motifs is 2. The molecule has 0 aromatic rings. The predicted octanol–water partition coefficient (Wildman–Crippen LogP) is 2.58. The zero-order chi connectivity index (χ0) is 23.0. The van der Waals surface area contributed by atoms with Crippen molar-refractivity contribution in [2.24, 2.45) is 29.1 Å². The molecule has 7 heteroatoms. The first-order valence-corrected chi connectivity index (χ1v) is 14.0. The summed E-state index contributed by atoms with van der Waals surface area (Å²) < 4.78 is 0. The molecule has 0 bridgehead atoms. The number of piperazine rings is 1. The lowest BCUT2D eigenvalue weighted by atomic mass is 9.51. The van der Waals surface area contributed by atoms with E-state index < -0.39 is 6.10 Å². The molecule has 2 saturated carbocycles. The number of hydrogen-bond acceptors (Lipinski definition) is 6. The number of likely N-dealkylation sites (N-methyl/N-ethyl adjacent to an activating group) is 1. The van der Waals surface area contributed by atoms with Gasteiger partial charge in [-0.1, -0.05) is 34.1 Å². The second kappa shape index (κ2) is 10.1. The van der Waals surface area contributed by atoms with Crippen LogP contribution >= 0.6 is 11.8 Å². The third-order valence-electron chi connectivity index (χ3n) is 9.22. The first kappa shape index (κ1) is 24.8. The van der Waals surface area contributed by atoms with Gasteiger partial charge in [0.15, 0.2) is 0 Å². The molecule has 4 rings (SSSR count). The van der Waals surface area contributed by atoms with Crippen LogP contribution in [-0.4, -0.2) is 83.5 Å². The Labute approximate surface area is 199 Å². The van der Waals surface area contributed by atoms with Crippen molar-refractivity contribution < 1.29 is 9.90 Å². The van der Waals surface area contributed by atoms with E-state index in [0.29, 0.717) is 22.7 Å². The molecule has 2 aliphatic heterocycles. The summed E-state index contributed by atoms with van der Waals surface area (Å²) in [5, 5.41) is 19.8. The van der Waals surface area contributed by atoms with Gasteiger partial charge in [0, 0.05) is 43.4 Å². The van der Waals surface area contributed by atoms with Crippen LogP contribution in [0.4, 0.5) is 0 Å². The maximum atomic E-state index is 13.3. The molecule has 0 spiro atoms. The van der Waals surface area contributed by atoms with Crippen LogP contribution in [0, 0.1) is 29.1 Å². The van der Waals surface area contributed by atoms with Gasteiger partial charge < -0.3 is 14.9 Å². The maximum absolute atomic E-state index is 13.3. The Kier molecular flexibility index (Phi) is 7.82. The van der Waals surface area contributed by atoms with E-state index in [0.717, 1.165) is 45.6 Å². The molecule has 2 heterocycles. The normalized spacial score (nSPS) is 43.6. The van der Waals surface area contributed by atoms with Crippen molar-refractivity contribution in [2.45, 2.75) is 82.7 Å². The standard InChI is InChI=1S/C25H46N4O2S/c1-6-7-10-26-24-27-21-17(3)20-22(30)18(8-9-25(20,4)15-19(21)32-24)16(2)23(31)29-13-11-28(5)12-14-29/h16-22,24,26-27,30H,6-15H2,1-5H3/t16-,17-,18-,19?,20+,21?,22-,24?,25+/m0/s1. The van der Waals surface area contributed by atoms with Crippen molar-refractivity contribution in [2.75, 3.05) is 39.8 Å². The molecule has 1 amide bonds. The van der Waals surface area contributed by atoms with Crippen molar-refractivity contribution >= 4 is 17.7 Å². The van der Waals surface area contributed by atoms with Crippen LogP contribution in [0.25, 0.3) is 0 Å². The second-order valence-electron chi connectivity index (χ2n) is 11.4. The van der Waals surface area contributed by atoms with Gasteiger partial charge in [0.1, 0.15) is 5.50 Å². The SMILES string of the molecule is CCCCNC1NC2C(C[C@@]3(C)CC[C@@H]([C@H](C)C(=O)N4CCN(C)CC4)[C@H](O)[C@H]3[C@@H]2C)S1. The molecular weight excluding hydrogens is 420 g/mol. The number of hydrogen-bond donors (Lipinski definition) is 3. The summed E-state index contributed by atoms with van der Waals surface area (Å²) in [6.45, 7) is 13.7. The Morgan fingerprint density at radius 3 is 2.72 bits per heavy atom. The van der Waals surface area contributed by atoms with Crippen molar-refractivity contribution in [3.63, 3.8) is 0 Å². The molecule has 3 N–H and O–H groups in total. The molecule has 184 valence electrons. The average Bonchev–Trinajstić information content (AvgIpc) is 3.16. The van der Waals surface area contributed by atoms with E-state index in [-0.39, 0.29) is 29.1 Å². The smallest absolute Gasteiger partial charge is 0.225 e. The third kappa shape index (κ3) is 4.74. The van der Waals surface area contributed by atoms with Crippen LogP contribution in [0.3, 0.4) is 0 Å².